The second-order valence-corrected chi connectivity index (χ2v) is 9.57. The fraction of sp³-hybridized carbons (Fsp3) is 0.542. The Labute approximate surface area is 208 Å². The molecule has 2 atom stereocenters. The van der Waals surface area contributed by atoms with Crippen LogP contribution in [0.1, 0.15) is 41.3 Å². The van der Waals surface area contributed by atoms with Crippen molar-refractivity contribution in [2.45, 2.75) is 43.9 Å². The molecule has 0 unspecified atom stereocenters. The number of morpholine rings is 1. The lowest BCUT2D eigenvalue weighted by atomic mass is 9.85. The van der Waals surface area contributed by atoms with Crippen LogP contribution in [-0.2, 0) is 22.4 Å². The summed E-state index contributed by atoms with van der Waals surface area (Å²) in [4.78, 5) is 23.3. The summed E-state index contributed by atoms with van der Waals surface area (Å²) in [7, 11) is 0. The zero-order valence-electron chi connectivity index (χ0n) is 19.4. The van der Waals surface area contributed by atoms with Gasteiger partial charge in [0.25, 0.3) is 0 Å². The topological polar surface area (TPSA) is 115 Å². The second-order valence-electron chi connectivity index (χ2n) is 9.16. The van der Waals surface area contributed by atoms with Crippen LogP contribution in [0.25, 0.3) is 0 Å². The molecule has 0 bridgehead atoms. The number of hydrogen-bond acceptors (Lipinski definition) is 7. The highest BCUT2D eigenvalue weighted by Crippen LogP contribution is 2.36. The van der Waals surface area contributed by atoms with Crippen LogP contribution in [0.3, 0.4) is 0 Å². The first kappa shape index (κ1) is 24.2. The first-order chi connectivity index (χ1) is 17.0. The maximum absolute atomic E-state index is 14.6. The number of hydrogen-bond donors (Lipinski definition) is 3. The molecule has 4 heterocycles. The predicted molar refractivity (Wildman–Crippen MR) is 129 cm³/mol. The Morgan fingerprint density at radius 1 is 1.29 bits per heavy atom. The molecule has 0 aliphatic carbocycles. The normalized spacial score (nSPS) is 21.9. The SMILES string of the molecule is NC(=O)N1CCc2c(nc(NC3CCOCC3)nc2[C@@H](c2ccc(Cl)c(F)c2)[C@H]2CNCCO2)C1. The van der Waals surface area contributed by atoms with Gasteiger partial charge in [0.05, 0.1) is 41.6 Å². The number of rotatable bonds is 5. The number of primary amides is 1. The fourth-order valence-electron chi connectivity index (χ4n) is 5.05. The quantitative estimate of drug-likeness (QED) is 0.573. The minimum absolute atomic E-state index is 0.0684. The molecule has 9 nitrogen and oxygen atoms in total. The molecule has 2 fully saturated rings. The van der Waals surface area contributed by atoms with E-state index >= 15 is 0 Å². The number of benzene rings is 1. The Bertz CT molecular complexity index is 1080. The second kappa shape index (κ2) is 10.6. The molecule has 5 rings (SSSR count). The van der Waals surface area contributed by atoms with E-state index < -0.39 is 11.8 Å². The molecular formula is C24H30ClFN6O3. The molecule has 11 heteroatoms. The van der Waals surface area contributed by atoms with Crippen LogP contribution in [-0.4, -0.2) is 72.5 Å². The largest absolute Gasteiger partial charge is 0.381 e. The maximum Gasteiger partial charge on any atom is 0.315 e. The number of carbonyl (C=O) groups excluding carboxylic acids is 1. The van der Waals surface area contributed by atoms with Crippen LogP contribution < -0.4 is 16.4 Å². The summed E-state index contributed by atoms with van der Waals surface area (Å²) in [6, 6.07) is 4.56. The van der Waals surface area contributed by atoms with Crippen LogP contribution in [0.15, 0.2) is 18.2 Å². The Morgan fingerprint density at radius 3 is 2.83 bits per heavy atom. The number of carbonyl (C=O) groups is 1. The third-order valence-corrected chi connectivity index (χ3v) is 7.20. The molecule has 3 aliphatic rings. The van der Waals surface area contributed by atoms with Gasteiger partial charge in [-0.15, -0.1) is 0 Å². The van der Waals surface area contributed by atoms with Crippen molar-refractivity contribution in [3.8, 4) is 0 Å². The Balaban J connectivity index is 1.60. The van der Waals surface area contributed by atoms with Gasteiger partial charge in [-0.05, 0) is 42.5 Å². The van der Waals surface area contributed by atoms with E-state index in [9.17, 15) is 9.18 Å². The number of fused-ring (bicyclic) bond motifs is 1. The number of halogens is 2. The molecule has 0 saturated carbocycles. The molecule has 1 aromatic heterocycles. The Kier molecular flexibility index (Phi) is 7.33. The van der Waals surface area contributed by atoms with E-state index in [0.717, 1.165) is 41.9 Å². The van der Waals surface area contributed by atoms with Gasteiger partial charge in [-0.2, -0.15) is 0 Å². The third kappa shape index (κ3) is 5.35. The number of nitrogens with zero attached hydrogens (tertiary/aromatic N) is 3. The number of nitrogens with one attached hydrogen (secondary N) is 2. The Morgan fingerprint density at radius 2 is 2.11 bits per heavy atom. The smallest absolute Gasteiger partial charge is 0.315 e. The molecular weight excluding hydrogens is 475 g/mol. The molecule has 0 radical (unpaired) electrons. The highest BCUT2D eigenvalue weighted by Gasteiger charge is 2.35. The van der Waals surface area contributed by atoms with Crippen LogP contribution in [0.2, 0.25) is 5.02 Å². The van der Waals surface area contributed by atoms with Crippen molar-refractivity contribution >= 4 is 23.6 Å². The monoisotopic (exact) mass is 504 g/mol. The summed E-state index contributed by atoms with van der Waals surface area (Å²) in [5, 5.41) is 6.90. The van der Waals surface area contributed by atoms with E-state index in [2.05, 4.69) is 10.6 Å². The number of ether oxygens (including phenoxy) is 2. The van der Waals surface area contributed by atoms with Gasteiger partial charge in [-0.1, -0.05) is 17.7 Å². The highest BCUT2D eigenvalue weighted by molar-refractivity contribution is 6.30. The first-order valence-electron chi connectivity index (χ1n) is 12.0. The van der Waals surface area contributed by atoms with Crippen molar-refractivity contribution in [1.29, 1.82) is 0 Å². The summed E-state index contributed by atoms with van der Waals surface area (Å²) in [5.74, 6) is -0.344. The van der Waals surface area contributed by atoms with Crippen molar-refractivity contribution in [2.75, 3.05) is 44.8 Å². The van der Waals surface area contributed by atoms with Crippen molar-refractivity contribution in [1.82, 2.24) is 20.2 Å². The fourth-order valence-corrected chi connectivity index (χ4v) is 5.17. The molecule has 4 N–H and O–H groups in total. The molecule has 35 heavy (non-hydrogen) atoms. The lowest BCUT2D eigenvalue weighted by molar-refractivity contribution is 0.0177. The Hall–Kier alpha value is -2.53. The molecule has 2 aromatic rings. The molecule has 2 saturated heterocycles. The number of nitrogens with two attached hydrogens (primary N) is 1. The summed E-state index contributed by atoms with van der Waals surface area (Å²) >= 11 is 6.00. The molecule has 2 amide bonds. The average molecular weight is 505 g/mol. The minimum Gasteiger partial charge on any atom is -0.381 e. The number of aromatic nitrogens is 2. The van der Waals surface area contributed by atoms with E-state index in [0.29, 0.717) is 51.8 Å². The van der Waals surface area contributed by atoms with Gasteiger partial charge in [0.1, 0.15) is 5.82 Å². The summed E-state index contributed by atoms with van der Waals surface area (Å²) in [6.07, 6.45) is 2.00. The third-order valence-electron chi connectivity index (χ3n) is 6.89. The lowest BCUT2D eigenvalue weighted by Crippen LogP contribution is -2.44. The van der Waals surface area contributed by atoms with Gasteiger partial charge >= 0.3 is 6.03 Å². The summed E-state index contributed by atoms with van der Waals surface area (Å²) in [5.41, 5.74) is 8.80. The molecule has 1 aromatic carbocycles. The zero-order valence-corrected chi connectivity index (χ0v) is 20.2. The van der Waals surface area contributed by atoms with Crippen molar-refractivity contribution in [3.05, 3.63) is 51.6 Å². The van der Waals surface area contributed by atoms with Gasteiger partial charge in [0, 0.05) is 38.9 Å². The van der Waals surface area contributed by atoms with Gasteiger partial charge in [0.2, 0.25) is 5.95 Å². The van der Waals surface area contributed by atoms with E-state index in [1.165, 1.54) is 6.07 Å². The molecule has 188 valence electrons. The van der Waals surface area contributed by atoms with Crippen molar-refractivity contribution < 1.29 is 18.7 Å². The van der Waals surface area contributed by atoms with Crippen LogP contribution in [0.4, 0.5) is 15.1 Å². The predicted octanol–water partition coefficient (Wildman–Crippen LogP) is 2.42. The van der Waals surface area contributed by atoms with Crippen LogP contribution in [0.5, 0.6) is 0 Å². The van der Waals surface area contributed by atoms with E-state index in [1.807, 2.05) is 6.07 Å². The van der Waals surface area contributed by atoms with Gasteiger partial charge in [-0.3, -0.25) is 0 Å². The van der Waals surface area contributed by atoms with Crippen molar-refractivity contribution in [3.63, 3.8) is 0 Å². The van der Waals surface area contributed by atoms with Crippen molar-refractivity contribution in [2.24, 2.45) is 5.73 Å². The van der Waals surface area contributed by atoms with Gasteiger partial charge in [0.15, 0.2) is 0 Å². The first-order valence-corrected chi connectivity index (χ1v) is 12.4. The summed E-state index contributed by atoms with van der Waals surface area (Å²) < 4.78 is 26.2. The number of urea groups is 1. The van der Waals surface area contributed by atoms with Gasteiger partial charge in [-0.25, -0.2) is 19.2 Å². The summed E-state index contributed by atoms with van der Waals surface area (Å²) in [6.45, 7) is 4.03. The van der Waals surface area contributed by atoms with E-state index in [4.69, 9.17) is 36.8 Å². The maximum atomic E-state index is 14.6. The standard InChI is InChI=1S/C24H30ClFN6O3/c25-17-2-1-14(11-18(17)26)21(20-12-28-6-10-35-20)22-16-3-7-32(23(27)33)13-19(16)30-24(31-22)29-15-4-8-34-9-5-15/h1-2,11,15,20-21,28H,3-10,12-13H2,(H2,27,33)(H,29,30,31)/t20-,21+/m1/s1. The highest BCUT2D eigenvalue weighted by atomic mass is 35.5. The zero-order chi connectivity index (χ0) is 24.4. The van der Waals surface area contributed by atoms with Gasteiger partial charge < -0.3 is 30.7 Å². The lowest BCUT2D eigenvalue weighted by Gasteiger charge is -2.35. The number of amides is 2. The average Bonchev–Trinajstić information content (AvgIpc) is 2.87. The molecule has 3 aliphatic heterocycles. The molecule has 0 spiro atoms. The minimum atomic E-state index is -0.485. The van der Waals surface area contributed by atoms with Crippen LogP contribution >= 0.6 is 11.6 Å². The van der Waals surface area contributed by atoms with E-state index in [-0.39, 0.29) is 23.1 Å². The van der Waals surface area contributed by atoms with Crippen LogP contribution in [0, 0.1) is 5.82 Å². The van der Waals surface area contributed by atoms with E-state index in [1.54, 1.807) is 11.0 Å². The number of anilines is 1.